The average molecular weight is 515 g/mol. The maximum Gasteiger partial charge on any atom is 0.411 e. The van der Waals surface area contributed by atoms with Crippen molar-refractivity contribution >= 4 is 23.6 Å². The fraction of sp³-hybridized carbons (Fsp3) is 0.583. The van der Waals surface area contributed by atoms with E-state index in [1.165, 1.54) is 9.91 Å². The molecule has 1 saturated heterocycles. The number of hydroxylamine groups is 2. The van der Waals surface area contributed by atoms with Gasteiger partial charge in [-0.25, -0.2) is 14.6 Å². The molecule has 37 heavy (non-hydrogen) atoms. The van der Waals surface area contributed by atoms with Crippen LogP contribution in [-0.2, 0) is 27.3 Å². The number of aromatic amines is 1. The predicted molar refractivity (Wildman–Crippen MR) is 132 cm³/mol. The van der Waals surface area contributed by atoms with Crippen LogP contribution in [0.1, 0.15) is 58.3 Å². The zero-order valence-electron chi connectivity index (χ0n) is 21.6. The molecule has 2 N–H and O–H groups in total. The Bertz CT molecular complexity index is 1130. The zero-order chi connectivity index (χ0) is 26.8. The Kier molecular flexibility index (Phi) is 7.46. The van der Waals surface area contributed by atoms with E-state index < -0.39 is 40.3 Å². The van der Waals surface area contributed by atoms with Crippen LogP contribution in [0, 0.1) is 5.21 Å². The van der Waals surface area contributed by atoms with Crippen molar-refractivity contribution in [2.45, 2.75) is 77.6 Å². The molecule has 0 aliphatic carbocycles. The monoisotopic (exact) mass is 514 g/mol. The molecule has 1 unspecified atom stereocenters. The van der Waals surface area contributed by atoms with Gasteiger partial charge >= 0.3 is 12.0 Å². The van der Waals surface area contributed by atoms with Crippen LogP contribution in [-0.4, -0.2) is 79.0 Å². The van der Waals surface area contributed by atoms with Gasteiger partial charge in [-0.3, -0.25) is 9.69 Å². The first-order valence-corrected chi connectivity index (χ1v) is 12.6. The van der Waals surface area contributed by atoms with Crippen molar-refractivity contribution in [3.8, 4) is 0 Å². The van der Waals surface area contributed by atoms with E-state index in [0.29, 0.717) is 37.3 Å². The molecule has 0 radical (unpaired) electrons. The Balaban J connectivity index is 1.64. The number of nitrogens with zero attached hydrogens (tertiary/aromatic N) is 6. The van der Waals surface area contributed by atoms with Crippen molar-refractivity contribution in [3.63, 3.8) is 0 Å². The van der Waals surface area contributed by atoms with Crippen molar-refractivity contribution in [1.82, 2.24) is 30.8 Å². The summed E-state index contributed by atoms with van der Waals surface area (Å²) in [6.07, 6.45) is 1.39. The van der Waals surface area contributed by atoms with Gasteiger partial charge in [-0.15, -0.1) is 10.2 Å². The summed E-state index contributed by atoms with van der Waals surface area (Å²) in [5, 5.41) is 32.1. The third-order valence-electron chi connectivity index (χ3n) is 6.60. The number of fused-ring (bicyclic) bond motifs is 1. The number of aromatic nitrogens is 4. The first kappa shape index (κ1) is 26.5. The minimum Gasteiger partial charge on any atom is -0.599 e. The van der Waals surface area contributed by atoms with Gasteiger partial charge in [0, 0.05) is 13.0 Å². The van der Waals surface area contributed by atoms with Gasteiger partial charge in [-0.05, 0) is 58.6 Å². The summed E-state index contributed by atoms with van der Waals surface area (Å²) in [4.78, 5) is 41.7. The van der Waals surface area contributed by atoms with Gasteiger partial charge < -0.3 is 15.3 Å². The highest BCUT2D eigenvalue weighted by Crippen LogP contribution is 2.38. The number of piperidine rings is 1. The van der Waals surface area contributed by atoms with E-state index in [-0.39, 0.29) is 19.5 Å². The zero-order valence-corrected chi connectivity index (χ0v) is 21.6. The normalized spacial score (nSPS) is 21.2. The first-order valence-electron chi connectivity index (χ1n) is 12.6. The number of ether oxygens (including phenoxy) is 1. The summed E-state index contributed by atoms with van der Waals surface area (Å²) in [5.74, 6) is -0.839. The lowest BCUT2D eigenvalue weighted by Gasteiger charge is -2.50. The summed E-state index contributed by atoms with van der Waals surface area (Å²) in [6, 6.07) is 5.27. The Morgan fingerprint density at radius 1 is 1.22 bits per heavy atom. The molecule has 3 amide bonds. The van der Waals surface area contributed by atoms with Gasteiger partial charge in [0.05, 0.1) is 12.2 Å². The molecule has 13 nitrogen and oxygen atoms in total. The van der Waals surface area contributed by atoms with Crippen LogP contribution in [0.2, 0.25) is 0 Å². The highest BCUT2D eigenvalue weighted by molar-refractivity contribution is 5.89. The Morgan fingerprint density at radius 2 is 1.97 bits per heavy atom. The van der Waals surface area contributed by atoms with Crippen LogP contribution >= 0.6 is 0 Å². The lowest BCUT2D eigenvalue weighted by molar-refractivity contribution is -0.814. The highest BCUT2D eigenvalue weighted by Gasteiger charge is 2.51. The van der Waals surface area contributed by atoms with Crippen molar-refractivity contribution < 1.29 is 23.9 Å². The minimum absolute atomic E-state index is 0.0179. The maximum atomic E-state index is 14.6. The third-order valence-corrected chi connectivity index (χ3v) is 6.60. The van der Waals surface area contributed by atoms with E-state index in [1.54, 1.807) is 39.8 Å². The summed E-state index contributed by atoms with van der Waals surface area (Å²) < 4.78 is 4.14. The molecule has 0 saturated carbocycles. The number of nitrogens with one attached hydrogen (secondary N) is 2. The molecule has 0 bridgehead atoms. The molecule has 1 fully saturated rings. The molecule has 1 aromatic heterocycles. The number of carbonyl (C=O) groups excluding carboxylic acids is 3. The standard InChI is InChI=1S/C24H34N8O5/c1-5-32(36,22(34)18-12-8-9-13-30(18)23(35)37-24(2,3)4)31-17-11-7-6-10-16(17)14-19(31)21(33)25-15-20-26-28-29-27-20/h6-7,10-11,18-19H,5,8-9,12-15H2,1-4H3,(H,25,33)(H,26,27,28,29)/t18-,19-,32?/m0/s1. The molecule has 4 rings (SSSR count). The van der Waals surface area contributed by atoms with Crippen LogP contribution in [0.3, 0.4) is 0 Å². The summed E-state index contributed by atoms with van der Waals surface area (Å²) in [5.41, 5.74) is 0.563. The number of hydrogen-bond acceptors (Lipinski definition) is 9. The van der Waals surface area contributed by atoms with Crippen LogP contribution in [0.25, 0.3) is 0 Å². The maximum absolute atomic E-state index is 14.6. The number of likely N-dealkylation sites (N-methyl/N-ethyl adjacent to an activating group) is 1. The molecule has 200 valence electrons. The van der Waals surface area contributed by atoms with E-state index in [4.69, 9.17) is 4.74 Å². The number of likely N-dealkylation sites (tertiary alicyclic amines) is 1. The Hall–Kier alpha value is -3.58. The number of rotatable bonds is 6. The van der Waals surface area contributed by atoms with Crippen molar-refractivity contribution in [2.75, 3.05) is 18.1 Å². The van der Waals surface area contributed by atoms with Crippen LogP contribution in [0.5, 0.6) is 0 Å². The second-order valence-electron chi connectivity index (χ2n) is 10.3. The molecule has 13 heteroatoms. The molecule has 3 atom stereocenters. The number of hydrogen-bond donors (Lipinski definition) is 2. The quantitative estimate of drug-likeness (QED) is 0.433. The smallest absolute Gasteiger partial charge is 0.411 e. The number of quaternary nitrogens is 1. The molecule has 2 aliphatic rings. The molecule has 1 aromatic carbocycles. The highest BCUT2D eigenvalue weighted by atomic mass is 16.6. The number of carbonyl (C=O) groups is 3. The number of tetrazole rings is 1. The number of H-pyrrole nitrogens is 1. The van der Waals surface area contributed by atoms with Crippen molar-refractivity contribution in [1.29, 1.82) is 0 Å². The third kappa shape index (κ3) is 5.42. The van der Waals surface area contributed by atoms with Crippen molar-refractivity contribution in [3.05, 3.63) is 40.9 Å². The van der Waals surface area contributed by atoms with E-state index in [2.05, 4.69) is 25.9 Å². The van der Waals surface area contributed by atoms with Gasteiger partial charge in [0.25, 0.3) is 0 Å². The summed E-state index contributed by atoms with van der Waals surface area (Å²) in [7, 11) is 0. The molecular weight excluding hydrogens is 480 g/mol. The first-order chi connectivity index (χ1) is 17.5. The van der Waals surface area contributed by atoms with Crippen LogP contribution in [0.4, 0.5) is 10.5 Å². The fourth-order valence-corrected chi connectivity index (χ4v) is 4.89. The lowest BCUT2D eigenvalue weighted by Crippen LogP contribution is -2.69. The van der Waals surface area contributed by atoms with Gasteiger partial charge in [0.2, 0.25) is 5.91 Å². The van der Waals surface area contributed by atoms with Gasteiger partial charge in [-0.1, -0.05) is 23.4 Å². The summed E-state index contributed by atoms with van der Waals surface area (Å²) >= 11 is 0. The van der Waals surface area contributed by atoms with Crippen LogP contribution in [0.15, 0.2) is 24.3 Å². The van der Waals surface area contributed by atoms with E-state index in [9.17, 15) is 19.6 Å². The van der Waals surface area contributed by atoms with Gasteiger partial charge in [0.15, 0.2) is 17.9 Å². The number of benzene rings is 1. The van der Waals surface area contributed by atoms with Crippen LogP contribution < -0.4 is 10.3 Å². The molecule has 0 spiro atoms. The second-order valence-corrected chi connectivity index (χ2v) is 10.3. The fourth-order valence-electron chi connectivity index (χ4n) is 4.89. The summed E-state index contributed by atoms with van der Waals surface area (Å²) in [6.45, 7) is 7.06. The van der Waals surface area contributed by atoms with Crippen molar-refractivity contribution in [2.24, 2.45) is 0 Å². The SMILES string of the molecule is CC[N+]([O-])(C(=O)[C@@H]1CCCCN1C(=O)OC(C)(C)C)N1c2ccccc2C[C@H]1C(=O)NCc1nn[nH]n1. The van der Waals surface area contributed by atoms with E-state index in [0.717, 1.165) is 5.56 Å². The van der Waals surface area contributed by atoms with E-state index >= 15 is 0 Å². The average Bonchev–Trinajstić information content (AvgIpc) is 3.53. The predicted octanol–water partition coefficient (Wildman–Crippen LogP) is 1.81. The second kappa shape index (κ2) is 10.4. The van der Waals surface area contributed by atoms with Gasteiger partial charge in [0.1, 0.15) is 12.1 Å². The van der Waals surface area contributed by atoms with E-state index in [1.807, 2.05) is 12.1 Å². The lowest BCUT2D eigenvalue weighted by atomic mass is 10.0. The Labute approximate surface area is 215 Å². The molecule has 2 aromatic rings. The largest absolute Gasteiger partial charge is 0.599 e. The molecular formula is C24H34N8O5. The topological polar surface area (TPSA) is 156 Å². The molecule has 2 aliphatic heterocycles. The Morgan fingerprint density at radius 3 is 2.65 bits per heavy atom. The molecule has 3 heterocycles. The number of para-hydroxylation sites is 1. The minimum atomic E-state index is -1.40. The number of anilines is 1. The number of amides is 3. The van der Waals surface area contributed by atoms with Gasteiger partial charge in [-0.2, -0.15) is 9.97 Å².